The molecular weight excluding hydrogens is 256 g/mol. The minimum absolute atomic E-state index is 0.195. The highest BCUT2D eigenvalue weighted by atomic mass is 79.9. The van der Waals surface area contributed by atoms with Crippen molar-refractivity contribution in [1.82, 2.24) is 4.72 Å². The van der Waals surface area contributed by atoms with Gasteiger partial charge in [-0.25, -0.2) is 5.14 Å². The lowest BCUT2D eigenvalue weighted by atomic mass is 10.2. The first-order valence-corrected chi connectivity index (χ1v) is 5.84. The van der Waals surface area contributed by atoms with Gasteiger partial charge < -0.3 is 0 Å². The molecule has 0 amide bonds. The van der Waals surface area contributed by atoms with Gasteiger partial charge in [0.15, 0.2) is 0 Å². The molecule has 0 spiro atoms. The Kier molecular flexibility index (Phi) is 3.43. The largest absolute Gasteiger partial charge is 0.274 e. The van der Waals surface area contributed by atoms with Gasteiger partial charge in [0.2, 0.25) is 0 Å². The summed E-state index contributed by atoms with van der Waals surface area (Å²) in [5.74, 6) is 0. The summed E-state index contributed by atoms with van der Waals surface area (Å²) in [4.78, 5) is 0. The Bertz CT molecular complexity index is 391. The van der Waals surface area contributed by atoms with Gasteiger partial charge in [0.25, 0.3) is 10.2 Å². The zero-order valence-corrected chi connectivity index (χ0v) is 9.10. The van der Waals surface area contributed by atoms with Crippen molar-refractivity contribution in [2.45, 2.75) is 6.54 Å². The summed E-state index contributed by atoms with van der Waals surface area (Å²) in [6.45, 7) is 0.195. The van der Waals surface area contributed by atoms with Gasteiger partial charge >= 0.3 is 0 Å². The first kappa shape index (κ1) is 10.6. The number of hydrogen-bond acceptors (Lipinski definition) is 2. The van der Waals surface area contributed by atoms with E-state index in [-0.39, 0.29) is 6.54 Å². The summed E-state index contributed by atoms with van der Waals surface area (Å²) >= 11 is 3.29. The molecule has 1 aromatic carbocycles. The second-order valence-corrected chi connectivity index (χ2v) is 4.69. The summed E-state index contributed by atoms with van der Waals surface area (Å²) in [5, 5.41) is 4.78. The van der Waals surface area contributed by atoms with Crippen molar-refractivity contribution in [3.63, 3.8) is 0 Å². The van der Waals surface area contributed by atoms with Crippen LogP contribution in [0.25, 0.3) is 0 Å². The van der Waals surface area contributed by atoms with Crippen molar-refractivity contribution in [1.29, 1.82) is 0 Å². The second kappa shape index (κ2) is 4.19. The predicted octanol–water partition coefficient (Wildman–Crippen LogP) is 0.742. The summed E-state index contributed by atoms with van der Waals surface area (Å²) in [7, 11) is -3.61. The van der Waals surface area contributed by atoms with Crippen LogP contribution in [0.15, 0.2) is 28.7 Å². The SMILES string of the molecule is NS(=O)(=O)NCc1ccccc1Br. The van der Waals surface area contributed by atoms with E-state index in [9.17, 15) is 8.42 Å². The second-order valence-electron chi connectivity index (χ2n) is 2.46. The number of hydrogen-bond donors (Lipinski definition) is 2. The smallest absolute Gasteiger partial charge is 0.216 e. The average molecular weight is 265 g/mol. The first-order chi connectivity index (χ1) is 5.99. The highest BCUT2D eigenvalue weighted by Crippen LogP contribution is 2.15. The van der Waals surface area contributed by atoms with E-state index in [0.717, 1.165) is 10.0 Å². The van der Waals surface area contributed by atoms with Gasteiger partial charge in [-0.2, -0.15) is 13.1 Å². The van der Waals surface area contributed by atoms with Gasteiger partial charge in [-0.3, -0.25) is 0 Å². The Morgan fingerprint density at radius 2 is 2.00 bits per heavy atom. The molecule has 0 saturated carbocycles. The molecule has 0 aliphatic rings. The Labute approximate surface area is 85.4 Å². The lowest BCUT2D eigenvalue weighted by Crippen LogP contribution is -2.30. The van der Waals surface area contributed by atoms with E-state index < -0.39 is 10.2 Å². The number of nitrogens with two attached hydrogens (primary N) is 1. The Balaban J connectivity index is 2.71. The zero-order chi connectivity index (χ0) is 9.90. The van der Waals surface area contributed by atoms with Crippen molar-refractivity contribution in [3.8, 4) is 0 Å². The molecule has 0 aliphatic carbocycles. The molecule has 1 aromatic rings. The van der Waals surface area contributed by atoms with E-state index in [4.69, 9.17) is 5.14 Å². The summed E-state index contributed by atoms with van der Waals surface area (Å²) in [5.41, 5.74) is 0.844. The summed E-state index contributed by atoms with van der Waals surface area (Å²) in [6.07, 6.45) is 0. The van der Waals surface area contributed by atoms with E-state index in [2.05, 4.69) is 20.7 Å². The Morgan fingerprint density at radius 1 is 1.38 bits per heavy atom. The van der Waals surface area contributed by atoms with Crippen LogP contribution in [0.1, 0.15) is 5.56 Å². The van der Waals surface area contributed by atoms with Crippen LogP contribution in [-0.2, 0) is 16.8 Å². The van der Waals surface area contributed by atoms with Crippen LogP contribution in [0.2, 0.25) is 0 Å². The maximum absolute atomic E-state index is 10.6. The fraction of sp³-hybridized carbons (Fsp3) is 0.143. The normalized spacial score (nSPS) is 11.5. The van der Waals surface area contributed by atoms with Gasteiger partial charge in [-0.05, 0) is 11.6 Å². The third-order valence-corrected chi connectivity index (χ3v) is 2.74. The van der Waals surface area contributed by atoms with Crippen LogP contribution in [0.5, 0.6) is 0 Å². The summed E-state index contributed by atoms with van der Waals surface area (Å²) < 4.78 is 24.2. The number of rotatable bonds is 3. The standard InChI is InChI=1S/C7H9BrN2O2S/c8-7-4-2-1-3-6(7)5-10-13(9,11)12/h1-4,10H,5H2,(H2,9,11,12). The number of nitrogens with one attached hydrogen (secondary N) is 1. The molecule has 0 saturated heterocycles. The lowest BCUT2D eigenvalue weighted by Gasteiger charge is -2.03. The van der Waals surface area contributed by atoms with Crippen LogP contribution < -0.4 is 9.86 Å². The van der Waals surface area contributed by atoms with Gasteiger partial charge in [-0.15, -0.1) is 0 Å². The van der Waals surface area contributed by atoms with Crippen LogP contribution in [-0.4, -0.2) is 8.42 Å². The first-order valence-electron chi connectivity index (χ1n) is 3.50. The predicted molar refractivity (Wildman–Crippen MR) is 54.1 cm³/mol. The average Bonchev–Trinajstić information content (AvgIpc) is 2.01. The van der Waals surface area contributed by atoms with Gasteiger partial charge in [-0.1, -0.05) is 34.1 Å². The monoisotopic (exact) mass is 264 g/mol. The van der Waals surface area contributed by atoms with Gasteiger partial charge in [0.05, 0.1) is 0 Å². The van der Waals surface area contributed by atoms with Crippen LogP contribution >= 0.6 is 15.9 Å². The number of halogens is 1. The quantitative estimate of drug-likeness (QED) is 0.846. The third kappa shape index (κ3) is 3.86. The van der Waals surface area contributed by atoms with Gasteiger partial charge in [0, 0.05) is 11.0 Å². The van der Waals surface area contributed by atoms with Crippen molar-refractivity contribution in [3.05, 3.63) is 34.3 Å². The molecule has 1 rings (SSSR count). The maximum Gasteiger partial charge on any atom is 0.274 e. The molecule has 0 bridgehead atoms. The number of benzene rings is 1. The minimum atomic E-state index is -3.61. The van der Waals surface area contributed by atoms with Crippen molar-refractivity contribution in [2.75, 3.05) is 0 Å². The highest BCUT2D eigenvalue weighted by Gasteiger charge is 2.03. The molecule has 0 aliphatic heterocycles. The molecule has 0 atom stereocenters. The fourth-order valence-corrected chi connectivity index (χ4v) is 1.60. The third-order valence-electron chi connectivity index (χ3n) is 1.42. The molecule has 0 unspecified atom stereocenters. The van der Waals surface area contributed by atoms with Crippen LogP contribution in [0.3, 0.4) is 0 Å². The van der Waals surface area contributed by atoms with E-state index in [0.29, 0.717) is 0 Å². The van der Waals surface area contributed by atoms with Crippen molar-refractivity contribution >= 4 is 26.1 Å². The molecule has 3 N–H and O–H groups in total. The maximum atomic E-state index is 10.6. The molecule has 13 heavy (non-hydrogen) atoms. The van der Waals surface area contributed by atoms with Crippen molar-refractivity contribution < 1.29 is 8.42 Å². The van der Waals surface area contributed by atoms with E-state index in [1.165, 1.54) is 0 Å². The summed E-state index contributed by atoms with van der Waals surface area (Å²) in [6, 6.07) is 7.32. The van der Waals surface area contributed by atoms with Gasteiger partial charge in [0.1, 0.15) is 0 Å². The van der Waals surface area contributed by atoms with E-state index >= 15 is 0 Å². The minimum Gasteiger partial charge on any atom is -0.216 e. The highest BCUT2D eigenvalue weighted by molar-refractivity contribution is 9.10. The van der Waals surface area contributed by atoms with E-state index in [1.54, 1.807) is 0 Å². The molecule has 0 aromatic heterocycles. The zero-order valence-electron chi connectivity index (χ0n) is 6.70. The Hall–Kier alpha value is -0.430. The molecule has 4 nitrogen and oxygen atoms in total. The molecular formula is C7H9BrN2O2S. The lowest BCUT2D eigenvalue weighted by molar-refractivity contribution is 0.583. The van der Waals surface area contributed by atoms with Crippen molar-refractivity contribution in [2.24, 2.45) is 5.14 Å². The Morgan fingerprint density at radius 3 is 2.54 bits per heavy atom. The molecule has 0 fully saturated rings. The molecule has 72 valence electrons. The topological polar surface area (TPSA) is 72.2 Å². The molecule has 6 heteroatoms. The van der Waals surface area contributed by atoms with E-state index in [1.807, 2.05) is 24.3 Å². The molecule has 0 heterocycles. The van der Waals surface area contributed by atoms with Crippen LogP contribution in [0.4, 0.5) is 0 Å². The van der Waals surface area contributed by atoms with Crippen LogP contribution in [0, 0.1) is 0 Å². The molecule has 0 radical (unpaired) electrons. The fourth-order valence-electron chi connectivity index (χ4n) is 0.820.